The Morgan fingerprint density at radius 1 is 1.07 bits per heavy atom. The quantitative estimate of drug-likeness (QED) is 0.325. The summed E-state index contributed by atoms with van der Waals surface area (Å²) in [6.07, 6.45) is 12.0. The average molecular weight is 212 g/mol. The van der Waals surface area contributed by atoms with Crippen LogP contribution in [0.1, 0.15) is 65.2 Å². The molecule has 0 fully saturated rings. The Balaban J connectivity index is 3.25. The van der Waals surface area contributed by atoms with Crippen LogP contribution >= 0.6 is 0 Å². The Bertz CT molecular complexity index is 173. The van der Waals surface area contributed by atoms with E-state index in [2.05, 4.69) is 13.8 Å². The molecule has 88 valence electrons. The zero-order valence-corrected chi connectivity index (χ0v) is 10.1. The summed E-state index contributed by atoms with van der Waals surface area (Å²) in [5.74, 6) is -0.110. The van der Waals surface area contributed by atoms with E-state index in [-0.39, 0.29) is 5.97 Å². The van der Waals surface area contributed by atoms with Gasteiger partial charge < -0.3 is 4.74 Å². The molecular weight excluding hydrogens is 188 g/mol. The lowest BCUT2D eigenvalue weighted by molar-refractivity contribution is -0.138. The lowest BCUT2D eigenvalue weighted by Crippen LogP contribution is -1.98. The summed E-state index contributed by atoms with van der Waals surface area (Å²) in [5.41, 5.74) is 0. The van der Waals surface area contributed by atoms with Gasteiger partial charge in [-0.2, -0.15) is 0 Å². The van der Waals surface area contributed by atoms with Gasteiger partial charge in [0.05, 0.1) is 6.26 Å². The van der Waals surface area contributed by atoms with Gasteiger partial charge in [0.15, 0.2) is 0 Å². The Hall–Kier alpha value is -0.790. The molecule has 0 saturated heterocycles. The molecule has 0 aliphatic heterocycles. The highest BCUT2D eigenvalue weighted by molar-refractivity contribution is 5.69. The first-order chi connectivity index (χ1) is 7.31. The van der Waals surface area contributed by atoms with Crippen molar-refractivity contribution in [3.8, 4) is 0 Å². The van der Waals surface area contributed by atoms with Crippen LogP contribution in [-0.4, -0.2) is 5.97 Å². The maximum atomic E-state index is 11.1. The second-order valence-electron chi connectivity index (χ2n) is 3.81. The van der Waals surface area contributed by atoms with Gasteiger partial charge in [0.1, 0.15) is 0 Å². The molecule has 0 unspecified atom stereocenters. The van der Waals surface area contributed by atoms with Crippen LogP contribution in [0.15, 0.2) is 12.3 Å². The van der Waals surface area contributed by atoms with Crippen molar-refractivity contribution >= 4 is 5.97 Å². The van der Waals surface area contributed by atoms with Gasteiger partial charge in [0.2, 0.25) is 0 Å². The van der Waals surface area contributed by atoms with E-state index in [1.165, 1.54) is 25.7 Å². The summed E-state index contributed by atoms with van der Waals surface area (Å²) in [4.78, 5) is 11.1. The molecule has 0 saturated carbocycles. The number of hydrogen-bond acceptors (Lipinski definition) is 2. The highest BCUT2D eigenvalue weighted by atomic mass is 16.5. The van der Waals surface area contributed by atoms with Crippen molar-refractivity contribution < 1.29 is 9.53 Å². The largest absolute Gasteiger partial charge is 0.435 e. The summed E-state index contributed by atoms with van der Waals surface area (Å²) in [5, 5.41) is 0. The molecule has 0 bridgehead atoms. The van der Waals surface area contributed by atoms with Crippen molar-refractivity contribution in [3.63, 3.8) is 0 Å². The number of esters is 1. The van der Waals surface area contributed by atoms with Crippen LogP contribution in [0.4, 0.5) is 0 Å². The Labute approximate surface area is 93.7 Å². The van der Waals surface area contributed by atoms with Crippen LogP contribution in [0.3, 0.4) is 0 Å². The van der Waals surface area contributed by atoms with Gasteiger partial charge in [-0.05, 0) is 25.3 Å². The lowest BCUT2D eigenvalue weighted by Gasteiger charge is -1.97. The summed E-state index contributed by atoms with van der Waals surface area (Å²) >= 11 is 0. The van der Waals surface area contributed by atoms with Crippen LogP contribution in [-0.2, 0) is 9.53 Å². The first kappa shape index (κ1) is 14.2. The maximum Gasteiger partial charge on any atom is 0.310 e. The third-order valence-corrected chi connectivity index (χ3v) is 2.25. The second kappa shape index (κ2) is 11.3. The molecule has 0 aliphatic rings. The molecule has 0 spiro atoms. The molecule has 2 heteroatoms. The van der Waals surface area contributed by atoms with E-state index in [0.717, 1.165) is 19.3 Å². The molecule has 0 radical (unpaired) electrons. The van der Waals surface area contributed by atoms with Crippen molar-refractivity contribution in [1.29, 1.82) is 0 Å². The fraction of sp³-hybridized carbons (Fsp3) is 0.769. The fourth-order valence-electron chi connectivity index (χ4n) is 1.26. The highest BCUT2D eigenvalue weighted by Gasteiger charge is 1.97. The average Bonchev–Trinajstić information content (AvgIpc) is 2.25. The van der Waals surface area contributed by atoms with E-state index >= 15 is 0 Å². The zero-order chi connectivity index (χ0) is 11.4. The number of hydrogen-bond donors (Lipinski definition) is 0. The maximum absolute atomic E-state index is 11.1. The van der Waals surface area contributed by atoms with Crippen LogP contribution in [0.2, 0.25) is 0 Å². The smallest absolute Gasteiger partial charge is 0.310 e. The Kier molecular flexibility index (Phi) is 10.7. The van der Waals surface area contributed by atoms with Crippen molar-refractivity contribution in [2.45, 2.75) is 65.2 Å². The van der Waals surface area contributed by atoms with E-state index in [4.69, 9.17) is 4.74 Å². The molecule has 0 N–H and O–H groups in total. The molecule has 0 atom stereocenters. The predicted octanol–water partition coefficient (Wildman–Crippen LogP) is 4.20. The predicted molar refractivity (Wildman–Crippen MR) is 63.5 cm³/mol. The first-order valence-corrected chi connectivity index (χ1v) is 6.15. The number of rotatable bonds is 9. The van der Waals surface area contributed by atoms with Gasteiger partial charge in [-0.3, -0.25) is 4.79 Å². The van der Waals surface area contributed by atoms with E-state index in [0.29, 0.717) is 6.42 Å². The topological polar surface area (TPSA) is 26.3 Å². The van der Waals surface area contributed by atoms with Crippen LogP contribution < -0.4 is 0 Å². The Morgan fingerprint density at radius 2 is 1.80 bits per heavy atom. The summed E-state index contributed by atoms with van der Waals surface area (Å²) in [6, 6.07) is 0. The normalized spacial score (nSPS) is 10.8. The van der Waals surface area contributed by atoms with Gasteiger partial charge in [0.25, 0.3) is 0 Å². The third kappa shape index (κ3) is 11.1. The highest BCUT2D eigenvalue weighted by Crippen LogP contribution is 2.03. The second-order valence-corrected chi connectivity index (χ2v) is 3.81. The SMILES string of the molecule is CCCCCC/C=C/OC(=O)CCCC. The van der Waals surface area contributed by atoms with Crippen LogP contribution in [0.5, 0.6) is 0 Å². The van der Waals surface area contributed by atoms with Crippen molar-refractivity contribution in [2.24, 2.45) is 0 Å². The minimum absolute atomic E-state index is 0.110. The number of ether oxygens (including phenoxy) is 1. The zero-order valence-electron chi connectivity index (χ0n) is 10.1. The molecule has 15 heavy (non-hydrogen) atoms. The van der Waals surface area contributed by atoms with Crippen LogP contribution in [0.25, 0.3) is 0 Å². The van der Waals surface area contributed by atoms with Crippen LogP contribution in [0, 0.1) is 0 Å². The summed E-state index contributed by atoms with van der Waals surface area (Å²) < 4.78 is 4.93. The molecule has 0 aromatic rings. The van der Waals surface area contributed by atoms with Gasteiger partial charge >= 0.3 is 5.97 Å². The van der Waals surface area contributed by atoms with Crippen molar-refractivity contribution in [3.05, 3.63) is 12.3 Å². The molecule has 0 aliphatic carbocycles. The minimum Gasteiger partial charge on any atom is -0.435 e. The number of carbonyl (C=O) groups is 1. The molecule has 0 rings (SSSR count). The third-order valence-electron chi connectivity index (χ3n) is 2.25. The molecular formula is C13H24O2. The van der Waals surface area contributed by atoms with Gasteiger partial charge in [-0.15, -0.1) is 0 Å². The van der Waals surface area contributed by atoms with E-state index < -0.39 is 0 Å². The number of unbranched alkanes of at least 4 members (excludes halogenated alkanes) is 5. The molecule has 2 nitrogen and oxygen atoms in total. The summed E-state index contributed by atoms with van der Waals surface area (Å²) in [6.45, 7) is 4.27. The van der Waals surface area contributed by atoms with Gasteiger partial charge in [-0.25, -0.2) is 0 Å². The van der Waals surface area contributed by atoms with Crippen molar-refractivity contribution in [2.75, 3.05) is 0 Å². The van der Waals surface area contributed by atoms with E-state index in [1.807, 2.05) is 6.08 Å². The standard InChI is InChI=1S/C13H24O2/c1-3-5-7-8-9-10-12-15-13(14)11-6-4-2/h10,12H,3-9,11H2,1-2H3/b12-10+. The molecule has 0 heterocycles. The first-order valence-electron chi connectivity index (χ1n) is 6.15. The monoisotopic (exact) mass is 212 g/mol. The molecule has 0 aromatic heterocycles. The lowest BCUT2D eigenvalue weighted by atomic mass is 10.1. The van der Waals surface area contributed by atoms with Crippen molar-refractivity contribution in [1.82, 2.24) is 0 Å². The minimum atomic E-state index is -0.110. The Morgan fingerprint density at radius 3 is 2.47 bits per heavy atom. The van der Waals surface area contributed by atoms with E-state index in [9.17, 15) is 4.79 Å². The number of carbonyl (C=O) groups excluding carboxylic acids is 1. The summed E-state index contributed by atoms with van der Waals surface area (Å²) in [7, 11) is 0. The fourth-order valence-corrected chi connectivity index (χ4v) is 1.26. The van der Waals surface area contributed by atoms with E-state index in [1.54, 1.807) is 6.26 Å². The molecule has 0 amide bonds. The number of allylic oxidation sites excluding steroid dienone is 1. The van der Waals surface area contributed by atoms with Gasteiger partial charge in [-0.1, -0.05) is 39.5 Å². The molecule has 0 aromatic carbocycles. The van der Waals surface area contributed by atoms with Gasteiger partial charge in [0, 0.05) is 6.42 Å².